The molecule has 0 aliphatic carbocycles. The number of hydrogen-bond acceptors (Lipinski definition) is 4. The molecular weight excluding hydrogens is 218 g/mol. The summed E-state index contributed by atoms with van der Waals surface area (Å²) in [6.45, 7) is 0. The Kier molecular flexibility index (Phi) is 2.74. The second-order valence-electron chi connectivity index (χ2n) is 3.55. The lowest BCUT2D eigenvalue weighted by Gasteiger charge is -2.10. The summed E-state index contributed by atoms with van der Waals surface area (Å²) in [7, 11) is 1.54. The molecule has 0 radical (unpaired) electrons. The van der Waals surface area contributed by atoms with E-state index in [1.165, 1.54) is 13.2 Å². The predicted octanol–water partition coefficient (Wildman–Crippen LogP) is 0.842. The van der Waals surface area contributed by atoms with Gasteiger partial charge in [-0.2, -0.15) is 4.57 Å². The van der Waals surface area contributed by atoms with Gasteiger partial charge in [0.1, 0.15) is 0 Å². The van der Waals surface area contributed by atoms with E-state index in [2.05, 4.69) is 0 Å². The van der Waals surface area contributed by atoms with Gasteiger partial charge in [0.15, 0.2) is 11.4 Å². The first kappa shape index (κ1) is 11.1. The Morgan fingerprint density at radius 2 is 1.94 bits per heavy atom. The van der Waals surface area contributed by atoms with E-state index in [-0.39, 0.29) is 11.6 Å². The number of nitrogen functional groups attached to an aromatic ring is 2. The number of rotatable bonds is 2. The van der Waals surface area contributed by atoms with E-state index < -0.39 is 0 Å². The van der Waals surface area contributed by atoms with E-state index in [4.69, 9.17) is 16.2 Å². The first-order valence-electron chi connectivity index (χ1n) is 5.07. The summed E-state index contributed by atoms with van der Waals surface area (Å²) in [6.07, 6.45) is 1.73. The standard InChI is InChI=1S/C12H13N3O2/c1-17-11-8(13)4-2-5-9(11)15-7-3-6-10(16)12(15)14/h2-7,14,16H,13H2,1H3/p+1. The maximum absolute atomic E-state index is 9.58. The van der Waals surface area contributed by atoms with E-state index in [1.54, 1.807) is 29.0 Å². The smallest absolute Gasteiger partial charge is 0.320 e. The number of nitrogens with zero attached hydrogens (tertiary/aromatic N) is 1. The number of hydrogen-bond donors (Lipinski definition) is 3. The average molecular weight is 232 g/mol. The second kappa shape index (κ2) is 4.21. The molecule has 0 saturated heterocycles. The zero-order valence-electron chi connectivity index (χ0n) is 9.42. The molecule has 0 bridgehead atoms. The monoisotopic (exact) mass is 232 g/mol. The largest absolute Gasteiger partial charge is 0.501 e. The summed E-state index contributed by atoms with van der Waals surface area (Å²) in [4.78, 5) is 0. The van der Waals surface area contributed by atoms with Gasteiger partial charge in [0.05, 0.1) is 19.0 Å². The number of ether oxygens (including phenoxy) is 1. The minimum absolute atomic E-state index is 0.0111. The van der Waals surface area contributed by atoms with E-state index in [0.29, 0.717) is 17.1 Å². The van der Waals surface area contributed by atoms with E-state index in [9.17, 15) is 5.11 Å². The molecule has 0 amide bonds. The van der Waals surface area contributed by atoms with Gasteiger partial charge in [-0.05, 0) is 24.3 Å². The Hall–Kier alpha value is -2.43. The Morgan fingerprint density at radius 3 is 2.65 bits per heavy atom. The third-order valence-corrected chi connectivity index (χ3v) is 2.50. The van der Waals surface area contributed by atoms with Gasteiger partial charge in [0.2, 0.25) is 5.75 Å². The molecule has 5 N–H and O–H groups in total. The lowest BCUT2D eigenvalue weighted by Crippen LogP contribution is -2.34. The van der Waals surface area contributed by atoms with Crippen molar-refractivity contribution in [2.24, 2.45) is 0 Å². The van der Waals surface area contributed by atoms with Crippen LogP contribution in [0.2, 0.25) is 0 Å². The lowest BCUT2D eigenvalue weighted by atomic mass is 10.2. The van der Waals surface area contributed by atoms with Crippen LogP contribution >= 0.6 is 0 Å². The van der Waals surface area contributed by atoms with Gasteiger partial charge in [-0.3, -0.25) is 5.73 Å². The van der Waals surface area contributed by atoms with Crippen molar-refractivity contribution in [3.8, 4) is 17.2 Å². The zero-order valence-corrected chi connectivity index (χ0v) is 9.42. The van der Waals surface area contributed by atoms with Crippen molar-refractivity contribution < 1.29 is 14.4 Å². The highest BCUT2D eigenvalue weighted by atomic mass is 16.5. The average Bonchev–Trinajstić information content (AvgIpc) is 2.32. The third-order valence-electron chi connectivity index (χ3n) is 2.50. The van der Waals surface area contributed by atoms with Crippen LogP contribution in [0.3, 0.4) is 0 Å². The van der Waals surface area contributed by atoms with Gasteiger partial charge in [-0.1, -0.05) is 6.07 Å². The van der Waals surface area contributed by atoms with Gasteiger partial charge >= 0.3 is 5.82 Å². The molecule has 0 saturated carbocycles. The minimum Gasteiger partial charge on any atom is -0.501 e. The molecule has 0 aliphatic heterocycles. The molecule has 0 fully saturated rings. The topological polar surface area (TPSA) is 85.4 Å². The number of aromatic nitrogens is 1. The van der Waals surface area contributed by atoms with Gasteiger partial charge < -0.3 is 15.6 Å². The molecule has 0 unspecified atom stereocenters. The quantitative estimate of drug-likeness (QED) is 0.529. The van der Waals surface area contributed by atoms with Crippen molar-refractivity contribution in [3.63, 3.8) is 0 Å². The summed E-state index contributed by atoms with van der Waals surface area (Å²) >= 11 is 0. The number of nitrogens with two attached hydrogens (primary N) is 2. The van der Waals surface area contributed by atoms with Crippen molar-refractivity contribution in [2.45, 2.75) is 0 Å². The third kappa shape index (κ3) is 1.82. The molecule has 2 rings (SSSR count). The molecule has 0 atom stereocenters. The SMILES string of the molecule is COc1c(N)cccc1-[n+]1cccc(O)c1N. The fourth-order valence-corrected chi connectivity index (χ4v) is 1.67. The van der Waals surface area contributed by atoms with Crippen LogP contribution in [0.5, 0.6) is 11.5 Å². The van der Waals surface area contributed by atoms with Crippen LogP contribution in [-0.2, 0) is 0 Å². The number of anilines is 2. The van der Waals surface area contributed by atoms with Crippen molar-refractivity contribution in [3.05, 3.63) is 36.5 Å². The summed E-state index contributed by atoms with van der Waals surface area (Å²) in [6, 6.07) is 8.55. The number of aromatic hydroxyl groups is 1. The molecule has 5 nitrogen and oxygen atoms in total. The zero-order chi connectivity index (χ0) is 12.4. The Labute approximate surface area is 98.9 Å². The fraction of sp³-hybridized carbons (Fsp3) is 0.0833. The maximum atomic E-state index is 9.58. The Morgan fingerprint density at radius 1 is 1.18 bits per heavy atom. The number of benzene rings is 1. The van der Waals surface area contributed by atoms with Crippen molar-refractivity contribution >= 4 is 11.5 Å². The van der Waals surface area contributed by atoms with Crippen molar-refractivity contribution in [1.82, 2.24) is 0 Å². The van der Waals surface area contributed by atoms with Gasteiger partial charge in [-0.15, -0.1) is 0 Å². The second-order valence-corrected chi connectivity index (χ2v) is 3.55. The van der Waals surface area contributed by atoms with Crippen LogP contribution in [0.25, 0.3) is 5.69 Å². The summed E-state index contributed by atoms with van der Waals surface area (Å²) in [5.41, 5.74) is 12.8. The van der Waals surface area contributed by atoms with Gasteiger partial charge in [0.25, 0.3) is 0 Å². The molecule has 1 aromatic heterocycles. The summed E-state index contributed by atoms with van der Waals surface area (Å²) < 4.78 is 6.86. The molecule has 17 heavy (non-hydrogen) atoms. The van der Waals surface area contributed by atoms with Gasteiger partial charge in [0, 0.05) is 0 Å². The number of pyridine rings is 1. The summed E-state index contributed by atoms with van der Waals surface area (Å²) in [5.74, 6) is 0.767. The maximum Gasteiger partial charge on any atom is 0.320 e. The highest BCUT2D eigenvalue weighted by Crippen LogP contribution is 2.27. The van der Waals surface area contributed by atoms with Crippen LogP contribution in [0.1, 0.15) is 0 Å². The van der Waals surface area contributed by atoms with Crippen LogP contribution in [0.4, 0.5) is 11.5 Å². The van der Waals surface area contributed by atoms with Crippen LogP contribution in [0.15, 0.2) is 36.5 Å². The van der Waals surface area contributed by atoms with Crippen molar-refractivity contribution in [1.29, 1.82) is 0 Å². The highest BCUT2D eigenvalue weighted by Gasteiger charge is 2.17. The normalized spacial score (nSPS) is 10.2. The molecule has 88 valence electrons. The molecule has 1 aromatic carbocycles. The molecule has 0 spiro atoms. The lowest BCUT2D eigenvalue weighted by molar-refractivity contribution is -0.581. The fourth-order valence-electron chi connectivity index (χ4n) is 1.67. The van der Waals surface area contributed by atoms with Crippen LogP contribution in [-0.4, -0.2) is 12.2 Å². The molecule has 0 aliphatic rings. The number of para-hydroxylation sites is 1. The molecule has 2 aromatic rings. The molecular formula is C12H14N3O2+. The predicted molar refractivity (Wildman–Crippen MR) is 65.0 cm³/mol. The Balaban J connectivity index is 2.68. The van der Waals surface area contributed by atoms with E-state index in [0.717, 1.165) is 0 Å². The molecule has 1 heterocycles. The van der Waals surface area contributed by atoms with E-state index >= 15 is 0 Å². The summed E-state index contributed by atoms with van der Waals surface area (Å²) in [5, 5.41) is 9.58. The van der Waals surface area contributed by atoms with Gasteiger partial charge in [-0.25, -0.2) is 0 Å². The van der Waals surface area contributed by atoms with E-state index in [1.807, 2.05) is 6.07 Å². The van der Waals surface area contributed by atoms with Crippen LogP contribution in [0, 0.1) is 0 Å². The Bertz CT molecular complexity index is 555. The minimum atomic E-state index is 0.0111. The highest BCUT2D eigenvalue weighted by molar-refractivity contribution is 5.61. The van der Waals surface area contributed by atoms with Crippen LogP contribution < -0.4 is 20.8 Å². The van der Waals surface area contributed by atoms with Crippen molar-refractivity contribution in [2.75, 3.05) is 18.6 Å². The number of methoxy groups -OCH3 is 1. The first-order valence-corrected chi connectivity index (χ1v) is 5.07. The molecule has 5 heteroatoms. The first-order chi connectivity index (χ1) is 8.15.